The van der Waals surface area contributed by atoms with Crippen LogP contribution in [0.1, 0.15) is 26.7 Å². The lowest BCUT2D eigenvalue weighted by atomic mass is 9.93. The molecule has 0 aliphatic carbocycles. The molecule has 0 aromatic heterocycles. The minimum atomic E-state index is -0.674. The molecule has 0 spiro atoms. The molecule has 14 heavy (non-hydrogen) atoms. The molecule has 0 saturated carbocycles. The summed E-state index contributed by atoms with van der Waals surface area (Å²) in [5.41, 5.74) is 0. The van der Waals surface area contributed by atoms with Gasteiger partial charge >= 0.3 is 5.97 Å². The monoisotopic (exact) mass is 199 g/mol. The molecule has 0 amide bonds. The first kappa shape index (κ1) is 11.2. The number of piperidine rings is 1. The molecule has 0 atom stereocenters. The Morgan fingerprint density at radius 3 is 2.36 bits per heavy atom. The number of esters is 1. The summed E-state index contributed by atoms with van der Waals surface area (Å²) in [6.07, 6.45) is 1.27. The summed E-state index contributed by atoms with van der Waals surface area (Å²) < 4.78 is 4.86. The number of hydrogen-bond acceptors (Lipinski definition) is 4. The molecule has 80 valence electrons. The van der Waals surface area contributed by atoms with Gasteiger partial charge in [0, 0.05) is 5.92 Å². The first-order valence-corrected chi connectivity index (χ1v) is 5.07. The van der Waals surface area contributed by atoms with Crippen molar-refractivity contribution in [2.24, 2.45) is 5.92 Å². The number of hydrogen-bond donors (Lipinski definition) is 1. The molecule has 1 fully saturated rings. The average molecular weight is 199 g/mol. The van der Waals surface area contributed by atoms with Crippen molar-refractivity contribution in [2.75, 3.05) is 13.1 Å². The zero-order valence-electron chi connectivity index (χ0n) is 8.71. The van der Waals surface area contributed by atoms with Gasteiger partial charge in [0.1, 0.15) is 0 Å². The third-order valence-electron chi connectivity index (χ3n) is 2.25. The molecule has 4 nitrogen and oxygen atoms in total. The summed E-state index contributed by atoms with van der Waals surface area (Å²) in [5.74, 6) is -1.17. The highest BCUT2D eigenvalue weighted by atomic mass is 16.5. The fourth-order valence-corrected chi connectivity index (χ4v) is 1.52. The van der Waals surface area contributed by atoms with Gasteiger partial charge in [-0.15, -0.1) is 0 Å². The van der Waals surface area contributed by atoms with Crippen molar-refractivity contribution >= 4 is 11.8 Å². The van der Waals surface area contributed by atoms with Gasteiger partial charge in [-0.1, -0.05) is 0 Å². The van der Waals surface area contributed by atoms with E-state index in [4.69, 9.17) is 4.74 Å². The predicted molar refractivity (Wildman–Crippen MR) is 51.8 cm³/mol. The highest BCUT2D eigenvalue weighted by molar-refractivity contribution is 6.34. The van der Waals surface area contributed by atoms with Gasteiger partial charge in [0.2, 0.25) is 5.78 Å². The van der Waals surface area contributed by atoms with Gasteiger partial charge in [-0.2, -0.15) is 0 Å². The third kappa shape index (κ3) is 3.10. The second kappa shape index (κ2) is 5.10. The van der Waals surface area contributed by atoms with E-state index in [1.54, 1.807) is 13.8 Å². The van der Waals surface area contributed by atoms with E-state index in [2.05, 4.69) is 5.32 Å². The lowest BCUT2D eigenvalue weighted by molar-refractivity contribution is -0.158. The molecule has 0 bridgehead atoms. The van der Waals surface area contributed by atoms with Crippen LogP contribution in [0.4, 0.5) is 0 Å². The molecular formula is C10H17NO3. The largest absolute Gasteiger partial charge is 0.457 e. The van der Waals surface area contributed by atoms with Gasteiger partial charge in [-0.3, -0.25) is 4.79 Å². The SMILES string of the molecule is CC(C)OC(=O)C(=O)C1CCNCC1. The second-order valence-electron chi connectivity index (χ2n) is 3.84. The Kier molecular flexibility index (Phi) is 4.07. The summed E-state index contributed by atoms with van der Waals surface area (Å²) in [4.78, 5) is 22.8. The lowest BCUT2D eigenvalue weighted by Crippen LogP contribution is -2.36. The van der Waals surface area contributed by atoms with Crippen LogP contribution >= 0.6 is 0 Å². The lowest BCUT2D eigenvalue weighted by Gasteiger charge is -2.20. The summed E-state index contributed by atoms with van der Waals surface area (Å²) in [5, 5.41) is 3.14. The Morgan fingerprint density at radius 1 is 1.29 bits per heavy atom. The molecule has 0 unspecified atom stereocenters. The zero-order valence-corrected chi connectivity index (χ0v) is 8.71. The van der Waals surface area contributed by atoms with Crippen LogP contribution in [0.2, 0.25) is 0 Å². The topological polar surface area (TPSA) is 55.4 Å². The molecule has 1 aliphatic rings. The van der Waals surface area contributed by atoms with Gasteiger partial charge in [0.05, 0.1) is 6.10 Å². The molecule has 0 aromatic carbocycles. The maximum absolute atomic E-state index is 11.5. The number of carbonyl (C=O) groups is 2. The molecule has 1 rings (SSSR count). The first-order valence-electron chi connectivity index (χ1n) is 5.07. The molecule has 1 N–H and O–H groups in total. The van der Waals surface area contributed by atoms with E-state index >= 15 is 0 Å². The van der Waals surface area contributed by atoms with Crippen LogP contribution in [-0.4, -0.2) is 30.9 Å². The molecule has 4 heteroatoms. The van der Waals surface area contributed by atoms with Crippen LogP contribution in [0.3, 0.4) is 0 Å². The summed E-state index contributed by atoms with van der Waals surface area (Å²) >= 11 is 0. The van der Waals surface area contributed by atoms with Crippen LogP contribution in [0.5, 0.6) is 0 Å². The van der Waals surface area contributed by atoms with Crippen molar-refractivity contribution in [3.8, 4) is 0 Å². The maximum atomic E-state index is 11.5. The third-order valence-corrected chi connectivity index (χ3v) is 2.25. The molecular weight excluding hydrogens is 182 g/mol. The quantitative estimate of drug-likeness (QED) is 0.531. The van der Waals surface area contributed by atoms with Crippen LogP contribution in [0.25, 0.3) is 0 Å². The summed E-state index contributed by atoms with van der Waals surface area (Å²) in [7, 11) is 0. The highest BCUT2D eigenvalue weighted by Gasteiger charge is 2.28. The van der Waals surface area contributed by atoms with Gasteiger partial charge in [0.25, 0.3) is 0 Å². The van der Waals surface area contributed by atoms with Crippen molar-refractivity contribution in [2.45, 2.75) is 32.8 Å². The minimum absolute atomic E-state index is 0.137. The number of nitrogens with one attached hydrogen (secondary N) is 1. The Balaban J connectivity index is 2.42. The van der Waals surface area contributed by atoms with E-state index in [9.17, 15) is 9.59 Å². The Hall–Kier alpha value is -0.900. The van der Waals surface area contributed by atoms with Crippen LogP contribution < -0.4 is 5.32 Å². The number of carbonyl (C=O) groups excluding carboxylic acids is 2. The molecule has 0 aromatic rings. The normalized spacial score (nSPS) is 18.2. The fourth-order valence-electron chi connectivity index (χ4n) is 1.52. The van der Waals surface area contributed by atoms with E-state index in [0.29, 0.717) is 0 Å². The van der Waals surface area contributed by atoms with E-state index in [0.717, 1.165) is 25.9 Å². The minimum Gasteiger partial charge on any atom is -0.457 e. The smallest absolute Gasteiger partial charge is 0.375 e. The van der Waals surface area contributed by atoms with Crippen LogP contribution in [0, 0.1) is 5.92 Å². The summed E-state index contributed by atoms with van der Waals surface area (Å²) in [6.45, 7) is 5.11. The summed E-state index contributed by atoms with van der Waals surface area (Å²) in [6, 6.07) is 0. The number of Topliss-reactive ketones (excluding diaryl/α,β-unsaturated/α-hetero) is 1. The van der Waals surface area contributed by atoms with Gasteiger partial charge in [-0.25, -0.2) is 4.79 Å². The predicted octanol–water partition coefficient (Wildman–Crippen LogP) is 0.507. The second-order valence-corrected chi connectivity index (χ2v) is 3.84. The number of ketones is 1. The van der Waals surface area contributed by atoms with Crippen molar-refractivity contribution in [3.05, 3.63) is 0 Å². The maximum Gasteiger partial charge on any atom is 0.375 e. The fraction of sp³-hybridized carbons (Fsp3) is 0.800. The van der Waals surface area contributed by atoms with Gasteiger partial charge < -0.3 is 10.1 Å². The van der Waals surface area contributed by atoms with E-state index < -0.39 is 5.97 Å². The Labute approximate surface area is 84.0 Å². The Morgan fingerprint density at radius 2 is 1.86 bits per heavy atom. The first-order chi connectivity index (χ1) is 6.61. The molecule has 0 radical (unpaired) electrons. The van der Waals surface area contributed by atoms with Gasteiger partial charge in [0.15, 0.2) is 0 Å². The van der Waals surface area contributed by atoms with Crippen LogP contribution in [0.15, 0.2) is 0 Å². The average Bonchev–Trinajstić information content (AvgIpc) is 2.17. The molecule has 1 saturated heterocycles. The van der Waals surface area contributed by atoms with Crippen molar-refractivity contribution in [1.82, 2.24) is 5.32 Å². The van der Waals surface area contributed by atoms with Crippen molar-refractivity contribution in [1.29, 1.82) is 0 Å². The van der Waals surface area contributed by atoms with E-state index in [1.807, 2.05) is 0 Å². The van der Waals surface area contributed by atoms with Crippen molar-refractivity contribution < 1.29 is 14.3 Å². The van der Waals surface area contributed by atoms with Crippen molar-refractivity contribution in [3.63, 3.8) is 0 Å². The molecule has 1 heterocycles. The van der Waals surface area contributed by atoms with Gasteiger partial charge in [-0.05, 0) is 39.8 Å². The van der Waals surface area contributed by atoms with E-state index in [-0.39, 0.29) is 17.8 Å². The zero-order chi connectivity index (χ0) is 10.6. The van der Waals surface area contributed by atoms with Crippen LogP contribution in [-0.2, 0) is 14.3 Å². The highest BCUT2D eigenvalue weighted by Crippen LogP contribution is 2.13. The molecule has 1 aliphatic heterocycles. The Bertz CT molecular complexity index is 219. The standard InChI is InChI=1S/C10H17NO3/c1-7(2)14-10(13)9(12)8-3-5-11-6-4-8/h7-8,11H,3-6H2,1-2H3. The number of ether oxygens (including phenoxy) is 1. The number of rotatable bonds is 3. The van der Waals surface area contributed by atoms with E-state index in [1.165, 1.54) is 0 Å².